The predicted octanol–water partition coefficient (Wildman–Crippen LogP) is 5.08. The average Bonchev–Trinajstić information content (AvgIpc) is 2.78. The fourth-order valence-electron chi connectivity index (χ4n) is 3.63. The summed E-state index contributed by atoms with van der Waals surface area (Å²) < 4.78 is 5.45. The van der Waals surface area contributed by atoms with Crippen LogP contribution in [0.25, 0.3) is 11.4 Å². The molecule has 0 saturated heterocycles. The summed E-state index contributed by atoms with van der Waals surface area (Å²) in [5.74, 6) is 0.729. The van der Waals surface area contributed by atoms with E-state index in [4.69, 9.17) is 14.4 Å². The average molecular weight is 375 g/mol. The maximum Gasteiger partial charge on any atom is 0.237 e. The normalized spacial score (nSPS) is 15.0. The van der Waals surface area contributed by atoms with Gasteiger partial charge in [0.15, 0.2) is 0 Å². The quantitative estimate of drug-likeness (QED) is 0.632. The molecule has 0 fully saturated rings. The molecule has 0 radical (unpaired) electrons. The van der Waals surface area contributed by atoms with Crippen LogP contribution < -0.4 is 14.9 Å². The molecule has 3 aromatic carbocycles. The molecule has 4 rings (SSSR count). The van der Waals surface area contributed by atoms with Gasteiger partial charge in [-0.25, -0.2) is 0 Å². The molecular formula is C23H23N2O3+. The van der Waals surface area contributed by atoms with Crippen molar-refractivity contribution in [2.75, 3.05) is 26.6 Å². The van der Waals surface area contributed by atoms with Gasteiger partial charge in [0.05, 0.1) is 13.2 Å². The molecule has 0 atom stereocenters. The van der Waals surface area contributed by atoms with Crippen LogP contribution in [0.2, 0.25) is 0 Å². The standard InChI is InChI=1S/C23H23N2O3/c1-26-19-14-15-20-21(16-19)25(27-2,28-3)23(18-12-8-5-9-13-18)22(24-20)17-10-6-4-7-11-17/h4-16,24H,1-3H3/q+1. The number of benzene rings is 3. The monoisotopic (exact) mass is 375 g/mol. The van der Waals surface area contributed by atoms with Crippen molar-refractivity contribution in [1.29, 1.82) is 0 Å². The molecule has 0 aliphatic carbocycles. The summed E-state index contributed by atoms with van der Waals surface area (Å²) in [4.78, 5) is 11.8. The largest absolute Gasteiger partial charge is 0.497 e. The van der Waals surface area contributed by atoms with Crippen molar-refractivity contribution in [1.82, 2.24) is 4.81 Å². The molecule has 0 saturated carbocycles. The third-order valence-corrected chi connectivity index (χ3v) is 4.94. The maximum absolute atomic E-state index is 6.03. The molecule has 0 amide bonds. The molecule has 0 spiro atoms. The zero-order valence-electron chi connectivity index (χ0n) is 16.2. The van der Waals surface area contributed by atoms with E-state index < -0.39 is 0 Å². The molecule has 1 aliphatic heterocycles. The molecule has 28 heavy (non-hydrogen) atoms. The molecule has 142 valence electrons. The van der Waals surface area contributed by atoms with E-state index in [1.807, 2.05) is 54.6 Å². The number of hydroxylamine groups is 2. The lowest BCUT2D eigenvalue weighted by molar-refractivity contribution is -0.282. The van der Waals surface area contributed by atoms with Gasteiger partial charge in [0.25, 0.3) is 0 Å². The summed E-state index contributed by atoms with van der Waals surface area (Å²) in [5.41, 5.74) is 5.52. The van der Waals surface area contributed by atoms with Gasteiger partial charge in [0.1, 0.15) is 31.4 Å². The first-order valence-electron chi connectivity index (χ1n) is 9.05. The molecule has 5 nitrogen and oxygen atoms in total. The summed E-state index contributed by atoms with van der Waals surface area (Å²) in [6, 6.07) is 26.1. The second-order valence-electron chi connectivity index (χ2n) is 6.38. The Labute approximate surface area is 164 Å². The number of hydrogen-bond acceptors (Lipinski definition) is 4. The van der Waals surface area contributed by atoms with Gasteiger partial charge in [0.2, 0.25) is 11.4 Å². The van der Waals surface area contributed by atoms with Crippen LogP contribution in [0.3, 0.4) is 0 Å². The molecule has 1 aliphatic rings. The highest BCUT2D eigenvalue weighted by atomic mass is 17.0. The molecule has 0 aromatic heterocycles. The first-order valence-corrected chi connectivity index (χ1v) is 9.05. The molecule has 1 N–H and O–H groups in total. The third-order valence-electron chi connectivity index (χ3n) is 4.94. The van der Waals surface area contributed by atoms with Gasteiger partial charge < -0.3 is 10.1 Å². The topological polar surface area (TPSA) is 39.7 Å². The van der Waals surface area contributed by atoms with Gasteiger partial charge in [-0.1, -0.05) is 48.5 Å². The van der Waals surface area contributed by atoms with Crippen LogP contribution in [0.5, 0.6) is 5.75 Å². The Morgan fingerprint density at radius 2 is 1.32 bits per heavy atom. The molecule has 1 heterocycles. The Balaban J connectivity index is 2.06. The lowest BCUT2D eigenvalue weighted by Crippen LogP contribution is -2.48. The zero-order chi connectivity index (χ0) is 19.6. The highest BCUT2D eigenvalue weighted by Crippen LogP contribution is 2.49. The van der Waals surface area contributed by atoms with Crippen molar-refractivity contribution in [3.8, 4) is 5.75 Å². The number of fused-ring (bicyclic) bond motifs is 1. The van der Waals surface area contributed by atoms with Gasteiger partial charge in [0, 0.05) is 15.9 Å². The van der Waals surface area contributed by atoms with Crippen molar-refractivity contribution in [3.63, 3.8) is 0 Å². The summed E-state index contributed by atoms with van der Waals surface area (Å²) in [6.07, 6.45) is 0. The van der Waals surface area contributed by atoms with E-state index in [0.717, 1.165) is 39.6 Å². The summed E-state index contributed by atoms with van der Waals surface area (Å²) in [5, 5.41) is 3.58. The Kier molecular flexibility index (Phi) is 4.88. The Morgan fingerprint density at radius 1 is 0.714 bits per heavy atom. The van der Waals surface area contributed by atoms with Crippen molar-refractivity contribution < 1.29 is 14.4 Å². The Hall–Kier alpha value is -3.12. The van der Waals surface area contributed by atoms with Crippen LogP contribution in [-0.4, -0.2) is 21.3 Å². The first-order chi connectivity index (χ1) is 13.7. The number of nitrogens with zero attached hydrogens (tertiary/aromatic N) is 1. The second kappa shape index (κ2) is 7.48. The van der Waals surface area contributed by atoms with Crippen LogP contribution in [0, 0.1) is 0 Å². The van der Waals surface area contributed by atoms with E-state index in [2.05, 4.69) is 29.6 Å². The number of hydrogen-bond donors (Lipinski definition) is 1. The fourth-order valence-corrected chi connectivity index (χ4v) is 3.63. The minimum absolute atomic E-state index is 0.228. The fraction of sp³-hybridized carbons (Fsp3) is 0.130. The van der Waals surface area contributed by atoms with Gasteiger partial charge in [-0.2, -0.15) is 9.68 Å². The second-order valence-corrected chi connectivity index (χ2v) is 6.38. The predicted molar refractivity (Wildman–Crippen MR) is 112 cm³/mol. The van der Waals surface area contributed by atoms with Crippen LogP contribution in [-0.2, 0) is 9.68 Å². The highest BCUT2D eigenvalue weighted by molar-refractivity contribution is 6.03. The van der Waals surface area contributed by atoms with Gasteiger partial charge in [-0.15, -0.1) is 0 Å². The number of anilines is 1. The highest BCUT2D eigenvalue weighted by Gasteiger charge is 2.48. The summed E-state index contributed by atoms with van der Waals surface area (Å²) >= 11 is 0. The van der Waals surface area contributed by atoms with E-state index in [9.17, 15) is 0 Å². The van der Waals surface area contributed by atoms with E-state index in [1.165, 1.54) is 0 Å². The van der Waals surface area contributed by atoms with Crippen molar-refractivity contribution in [2.45, 2.75) is 0 Å². The molecule has 0 bridgehead atoms. The number of methoxy groups -OCH3 is 1. The molecule has 0 unspecified atom stereocenters. The first kappa shape index (κ1) is 18.3. The number of nitrogens with one attached hydrogen (secondary N) is 1. The lowest BCUT2D eigenvalue weighted by Gasteiger charge is -2.37. The van der Waals surface area contributed by atoms with Crippen LogP contribution >= 0.6 is 0 Å². The maximum atomic E-state index is 6.03. The number of ether oxygens (including phenoxy) is 1. The van der Waals surface area contributed by atoms with Crippen molar-refractivity contribution >= 4 is 22.8 Å². The van der Waals surface area contributed by atoms with E-state index >= 15 is 0 Å². The minimum atomic E-state index is -0.228. The van der Waals surface area contributed by atoms with Crippen LogP contribution in [0.15, 0.2) is 78.9 Å². The molecule has 5 heteroatoms. The number of rotatable bonds is 5. The molecular weight excluding hydrogens is 352 g/mol. The van der Waals surface area contributed by atoms with Crippen molar-refractivity contribution in [3.05, 3.63) is 90.0 Å². The van der Waals surface area contributed by atoms with Crippen LogP contribution in [0.4, 0.5) is 11.4 Å². The van der Waals surface area contributed by atoms with Gasteiger partial charge >= 0.3 is 0 Å². The van der Waals surface area contributed by atoms with Gasteiger partial charge in [-0.05, 0) is 24.3 Å². The number of quaternary nitrogens is 1. The summed E-state index contributed by atoms with van der Waals surface area (Å²) in [6.45, 7) is 0. The third kappa shape index (κ3) is 2.86. The minimum Gasteiger partial charge on any atom is -0.497 e. The Bertz CT molecular complexity index is 997. The lowest BCUT2D eigenvalue weighted by atomic mass is 10.0. The smallest absolute Gasteiger partial charge is 0.237 e. The van der Waals surface area contributed by atoms with E-state index in [1.54, 1.807) is 21.3 Å². The van der Waals surface area contributed by atoms with Crippen molar-refractivity contribution in [2.24, 2.45) is 0 Å². The molecule has 3 aromatic rings. The summed E-state index contributed by atoms with van der Waals surface area (Å²) in [7, 11) is 4.93. The van der Waals surface area contributed by atoms with Gasteiger partial charge in [-0.3, -0.25) is 0 Å². The van der Waals surface area contributed by atoms with Crippen LogP contribution in [0.1, 0.15) is 11.1 Å². The van der Waals surface area contributed by atoms with E-state index in [0.29, 0.717) is 0 Å². The zero-order valence-corrected chi connectivity index (χ0v) is 16.2. The Morgan fingerprint density at radius 3 is 1.89 bits per heavy atom. The SMILES string of the molecule is COc1ccc2c(c1)[N+](OC)(OC)C(c1ccccc1)=C(c1ccccc1)N2. The van der Waals surface area contributed by atoms with E-state index in [-0.39, 0.29) is 4.81 Å².